The minimum Gasteiger partial charge on any atom is -0.379 e. The van der Waals surface area contributed by atoms with Crippen LogP contribution in [0.3, 0.4) is 0 Å². The number of nitro groups is 1. The Balaban J connectivity index is 1.92. The van der Waals surface area contributed by atoms with Crippen LogP contribution < -0.4 is 5.32 Å². The lowest BCUT2D eigenvalue weighted by Crippen LogP contribution is -2.45. The summed E-state index contributed by atoms with van der Waals surface area (Å²) in [4.78, 5) is 38.1. The van der Waals surface area contributed by atoms with Gasteiger partial charge in [0.25, 0.3) is 5.69 Å². The molecule has 2 amide bonds. The van der Waals surface area contributed by atoms with E-state index in [1.165, 1.54) is 11.0 Å². The number of amides is 2. The number of benzene rings is 1. The average molecular weight is 334 g/mol. The number of carbonyl (C=O) groups excluding carboxylic acids is 2. The maximum absolute atomic E-state index is 12.4. The number of likely N-dealkylation sites (tertiary alicyclic amines) is 1. The second kappa shape index (κ2) is 7.76. The Bertz CT molecular complexity index is 632. The van der Waals surface area contributed by atoms with Crippen LogP contribution in [-0.4, -0.2) is 59.8 Å². The van der Waals surface area contributed by atoms with E-state index in [1.54, 1.807) is 37.2 Å². The molecule has 1 unspecified atom stereocenters. The highest BCUT2D eigenvalue weighted by Crippen LogP contribution is 2.23. The predicted octanol–water partition coefficient (Wildman–Crippen LogP) is 1.48. The minimum atomic E-state index is -0.462. The van der Waals surface area contributed by atoms with Gasteiger partial charge in [-0.3, -0.25) is 19.7 Å². The summed E-state index contributed by atoms with van der Waals surface area (Å²) in [6, 6.07) is 5.92. The average Bonchev–Trinajstić information content (AvgIpc) is 3.03. The molecule has 8 nitrogen and oxygen atoms in total. The number of nitro benzene ring substituents is 1. The van der Waals surface area contributed by atoms with Crippen molar-refractivity contribution in [3.05, 3.63) is 34.4 Å². The number of anilines is 1. The number of para-hydroxylation sites is 2. The van der Waals surface area contributed by atoms with Gasteiger partial charge in [-0.05, 0) is 18.9 Å². The first-order valence-electron chi connectivity index (χ1n) is 7.89. The van der Waals surface area contributed by atoms with Crippen LogP contribution in [0.1, 0.15) is 19.3 Å². The standard InChI is InChI=1S/C16H22N4O4/c1-18(2)16(22)14-8-5-11-19(14)15(21)9-10-17-12-6-3-4-7-13(12)20(23)24/h3-4,6-7,14,17H,5,8-11H2,1-2H3. The summed E-state index contributed by atoms with van der Waals surface area (Å²) in [5.41, 5.74) is 0.365. The third-order valence-corrected chi connectivity index (χ3v) is 4.05. The molecule has 0 aromatic heterocycles. The Labute approximate surface area is 140 Å². The van der Waals surface area contributed by atoms with Crippen LogP contribution in [0.25, 0.3) is 0 Å². The normalized spacial score (nSPS) is 16.8. The van der Waals surface area contributed by atoms with Crippen molar-refractivity contribution < 1.29 is 14.5 Å². The molecule has 1 N–H and O–H groups in total. The molecule has 2 rings (SSSR count). The first-order chi connectivity index (χ1) is 11.4. The lowest BCUT2D eigenvalue weighted by molar-refractivity contribution is -0.384. The van der Waals surface area contributed by atoms with Crippen LogP contribution >= 0.6 is 0 Å². The fourth-order valence-corrected chi connectivity index (χ4v) is 2.85. The van der Waals surface area contributed by atoms with E-state index in [0.29, 0.717) is 18.7 Å². The summed E-state index contributed by atoms with van der Waals surface area (Å²) in [6.07, 6.45) is 1.68. The molecule has 1 atom stereocenters. The van der Waals surface area contributed by atoms with Crippen molar-refractivity contribution in [3.8, 4) is 0 Å². The molecule has 24 heavy (non-hydrogen) atoms. The summed E-state index contributed by atoms with van der Waals surface area (Å²) in [6.45, 7) is 0.859. The van der Waals surface area contributed by atoms with Gasteiger partial charge in [0.1, 0.15) is 11.7 Å². The first kappa shape index (κ1) is 17.7. The molecular formula is C16H22N4O4. The monoisotopic (exact) mass is 334 g/mol. The number of likely N-dealkylation sites (N-methyl/N-ethyl adjacent to an activating group) is 1. The molecule has 0 aliphatic carbocycles. The zero-order valence-corrected chi connectivity index (χ0v) is 13.9. The second-order valence-corrected chi connectivity index (χ2v) is 5.93. The molecule has 1 aromatic carbocycles. The van der Waals surface area contributed by atoms with Crippen molar-refractivity contribution in [1.29, 1.82) is 0 Å². The van der Waals surface area contributed by atoms with Crippen LogP contribution in [0.4, 0.5) is 11.4 Å². The molecule has 0 saturated carbocycles. The Morgan fingerprint density at radius 3 is 2.75 bits per heavy atom. The van der Waals surface area contributed by atoms with E-state index in [0.717, 1.165) is 6.42 Å². The van der Waals surface area contributed by atoms with E-state index in [-0.39, 0.29) is 30.5 Å². The van der Waals surface area contributed by atoms with Crippen molar-refractivity contribution in [2.24, 2.45) is 0 Å². The summed E-state index contributed by atoms with van der Waals surface area (Å²) in [7, 11) is 3.36. The quantitative estimate of drug-likeness (QED) is 0.628. The maximum atomic E-state index is 12.4. The Morgan fingerprint density at radius 1 is 1.38 bits per heavy atom. The molecule has 1 fully saturated rings. The van der Waals surface area contributed by atoms with Crippen molar-refractivity contribution in [3.63, 3.8) is 0 Å². The van der Waals surface area contributed by atoms with Gasteiger partial charge in [0.2, 0.25) is 11.8 Å². The van der Waals surface area contributed by atoms with Gasteiger partial charge in [0.15, 0.2) is 0 Å². The molecule has 8 heteroatoms. The van der Waals surface area contributed by atoms with Gasteiger partial charge in [-0.1, -0.05) is 12.1 Å². The fraction of sp³-hybridized carbons (Fsp3) is 0.500. The molecule has 130 valence electrons. The smallest absolute Gasteiger partial charge is 0.292 e. The summed E-state index contributed by atoms with van der Waals surface area (Å²) in [5, 5.41) is 13.9. The molecule has 1 aliphatic heterocycles. The van der Waals surface area contributed by atoms with Gasteiger partial charge in [0.05, 0.1) is 4.92 Å². The molecular weight excluding hydrogens is 312 g/mol. The van der Waals surface area contributed by atoms with E-state index >= 15 is 0 Å². The number of rotatable bonds is 6. The highest BCUT2D eigenvalue weighted by atomic mass is 16.6. The van der Waals surface area contributed by atoms with Gasteiger partial charge in [-0.2, -0.15) is 0 Å². The Morgan fingerprint density at radius 2 is 2.08 bits per heavy atom. The van der Waals surface area contributed by atoms with E-state index < -0.39 is 11.0 Å². The Kier molecular flexibility index (Phi) is 5.73. The molecule has 1 aliphatic rings. The van der Waals surface area contributed by atoms with Crippen LogP contribution in [0.5, 0.6) is 0 Å². The molecule has 1 aromatic rings. The van der Waals surface area contributed by atoms with Crippen molar-refractivity contribution in [2.45, 2.75) is 25.3 Å². The predicted molar refractivity (Wildman–Crippen MR) is 89.6 cm³/mol. The second-order valence-electron chi connectivity index (χ2n) is 5.93. The van der Waals surface area contributed by atoms with Gasteiger partial charge in [-0.25, -0.2) is 0 Å². The van der Waals surface area contributed by atoms with Crippen LogP contribution in [0.2, 0.25) is 0 Å². The molecule has 1 saturated heterocycles. The van der Waals surface area contributed by atoms with Gasteiger partial charge in [0, 0.05) is 39.7 Å². The number of carbonyl (C=O) groups is 2. The number of hydrogen-bond donors (Lipinski definition) is 1. The summed E-state index contributed by atoms with van der Waals surface area (Å²) < 4.78 is 0. The number of nitrogens with one attached hydrogen (secondary N) is 1. The highest BCUT2D eigenvalue weighted by molar-refractivity contribution is 5.88. The largest absolute Gasteiger partial charge is 0.379 e. The van der Waals surface area contributed by atoms with Crippen LogP contribution in [0.15, 0.2) is 24.3 Å². The third-order valence-electron chi connectivity index (χ3n) is 4.05. The number of nitrogens with zero attached hydrogens (tertiary/aromatic N) is 3. The molecule has 0 radical (unpaired) electrons. The van der Waals surface area contributed by atoms with Crippen LogP contribution in [0, 0.1) is 10.1 Å². The third kappa shape index (κ3) is 4.01. The number of hydrogen-bond acceptors (Lipinski definition) is 5. The SMILES string of the molecule is CN(C)C(=O)C1CCCN1C(=O)CCNc1ccccc1[N+](=O)[O-]. The van der Waals surface area contributed by atoms with E-state index in [1.807, 2.05) is 0 Å². The van der Waals surface area contributed by atoms with Gasteiger partial charge < -0.3 is 15.1 Å². The molecule has 1 heterocycles. The van der Waals surface area contributed by atoms with Gasteiger partial charge in [-0.15, -0.1) is 0 Å². The van der Waals surface area contributed by atoms with Crippen LogP contribution in [-0.2, 0) is 9.59 Å². The first-order valence-corrected chi connectivity index (χ1v) is 7.89. The Hall–Kier alpha value is -2.64. The van der Waals surface area contributed by atoms with E-state index in [9.17, 15) is 19.7 Å². The fourth-order valence-electron chi connectivity index (χ4n) is 2.85. The van der Waals surface area contributed by atoms with Crippen molar-refractivity contribution in [1.82, 2.24) is 9.80 Å². The lowest BCUT2D eigenvalue weighted by Gasteiger charge is -2.26. The zero-order chi connectivity index (χ0) is 17.7. The highest BCUT2D eigenvalue weighted by Gasteiger charge is 2.34. The van der Waals surface area contributed by atoms with E-state index in [2.05, 4.69) is 5.32 Å². The van der Waals surface area contributed by atoms with Crippen molar-refractivity contribution in [2.75, 3.05) is 32.5 Å². The molecule has 0 bridgehead atoms. The maximum Gasteiger partial charge on any atom is 0.292 e. The lowest BCUT2D eigenvalue weighted by atomic mass is 10.2. The topological polar surface area (TPSA) is 95.8 Å². The van der Waals surface area contributed by atoms with Gasteiger partial charge >= 0.3 is 0 Å². The summed E-state index contributed by atoms with van der Waals surface area (Å²) >= 11 is 0. The minimum absolute atomic E-state index is 0.0215. The van der Waals surface area contributed by atoms with Crippen molar-refractivity contribution >= 4 is 23.2 Å². The zero-order valence-electron chi connectivity index (χ0n) is 13.9. The van der Waals surface area contributed by atoms with E-state index in [4.69, 9.17) is 0 Å². The summed E-state index contributed by atoms with van der Waals surface area (Å²) in [5.74, 6) is -0.175. The molecule has 0 spiro atoms.